The molecule has 0 aliphatic carbocycles. The molecule has 8 heteroatoms. The summed E-state index contributed by atoms with van der Waals surface area (Å²) in [4.78, 5) is 13.9. The van der Waals surface area contributed by atoms with Gasteiger partial charge in [0.1, 0.15) is 5.82 Å². The van der Waals surface area contributed by atoms with Crippen LogP contribution in [0.1, 0.15) is 18.4 Å². The molecule has 1 fully saturated rings. The highest BCUT2D eigenvalue weighted by atomic mass is 32.2. The van der Waals surface area contributed by atoms with Gasteiger partial charge in [0.05, 0.1) is 19.4 Å². The summed E-state index contributed by atoms with van der Waals surface area (Å²) in [6, 6.07) is 13.2. The van der Waals surface area contributed by atoms with E-state index in [0.29, 0.717) is 25.8 Å². The van der Waals surface area contributed by atoms with E-state index in [0.717, 1.165) is 22.9 Å². The maximum absolute atomic E-state index is 13.6. The van der Waals surface area contributed by atoms with Gasteiger partial charge in [0.2, 0.25) is 10.0 Å². The van der Waals surface area contributed by atoms with Crippen LogP contribution < -0.4 is 4.72 Å². The van der Waals surface area contributed by atoms with Gasteiger partial charge in [-0.1, -0.05) is 36.4 Å². The number of likely N-dealkylation sites (tertiary alicyclic amines) is 1. The topological polar surface area (TPSA) is 75.7 Å². The van der Waals surface area contributed by atoms with E-state index in [9.17, 15) is 17.6 Å². The molecule has 0 spiro atoms. The van der Waals surface area contributed by atoms with Crippen LogP contribution in [0.15, 0.2) is 48.5 Å². The molecule has 0 aromatic heterocycles. The van der Waals surface area contributed by atoms with E-state index in [-0.39, 0.29) is 11.9 Å². The molecule has 0 saturated carbocycles. The van der Waals surface area contributed by atoms with Crippen molar-refractivity contribution in [2.24, 2.45) is 0 Å². The van der Waals surface area contributed by atoms with E-state index in [1.165, 1.54) is 19.2 Å². The Balaban J connectivity index is 1.90. The fourth-order valence-electron chi connectivity index (χ4n) is 3.85. The first-order valence-electron chi connectivity index (χ1n) is 9.43. The van der Waals surface area contributed by atoms with Crippen LogP contribution in [-0.4, -0.2) is 51.4 Å². The Morgan fingerprint density at radius 2 is 1.90 bits per heavy atom. The molecule has 0 bridgehead atoms. The van der Waals surface area contributed by atoms with Crippen LogP contribution in [0.3, 0.4) is 0 Å². The van der Waals surface area contributed by atoms with Crippen molar-refractivity contribution in [1.82, 2.24) is 9.62 Å². The number of halogens is 1. The monoisotopic (exact) mass is 420 g/mol. The second-order valence-electron chi connectivity index (χ2n) is 7.28. The first-order valence-corrected chi connectivity index (χ1v) is 11.3. The number of benzene rings is 2. The van der Waals surface area contributed by atoms with Crippen LogP contribution >= 0.6 is 0 Å². The van der Waals surface area contributed by atoms with Crippen LogP contribution in [0.2, 0.25) is 0 Å². The Hall–Kier alpha value is -2.45. The van der Waals surface area contributed by atoms with Crippen LogP contribution in [0.25, 0.3) is 11.1 Å². The summed E-state index contributed by atoms with van der Waals surface area (Å²) in [6.07, 6.45) is 2.41. The van der Waals surface area contributed by atoms with Crippen molar-refractivity contribution in [1.29, 1.82) is 0 Å². The minimum absolute atomic E-state index is 0.311. The largest absolute Gasteiger partial charge is 0.453 e. The van der Waals surface area contributed by atoms with E-state index in [4.69, 9.17) is 4.74 Å². The number of carbonyl (C=O) groups excluding carboxylic acids is 1. The predicted molar refractivity (Wildman–Crippen MR) is 109 cm³/mol. The summed E-state index contributed by atoms with van der Waals surface area (Å²) < 4.78 is 44.8. The van der Waals surface area contributed by atoms with Crippen molar-refractivity contribution >= 4 is 16.1 Å². The van der Waals surface area contributed by atoms with Gasteiger partial charge in [0.15, 0.2) is 0 Å². The third kappa shape index (κ3) is 5.55. The number of rotatable bonds is 5. The fourth-order valence-corrected chi connectivity index (χ4v) is 4.68. The Labute approximate surface area is 170 Å². The number of sulfonamides is 1. The van der Waals surface area contributed by atoms with Gasteiger partial charge in [-0.05, 0) is 48.1 Å². The molecule has 0 radical (unpaired) electrons. The molecular formula is C21H25FN2O4S. The highest BCUT2D eigenvalue weighted by Gasteiger charge is 2.36. The van der Waals surface area contributed by atoms with Crippen molar-refractivity contribution < 1.29 is 22.3 Å². The van der Waals surface area contributed by atoms with E-state index in [2.05, 4.69) is 4.72 Å². The molecule has 1 heterocycles. The number of hydrogen-bond donors (Lipinski definition) is 1. The number of piperidine rings is 1. The highest BCUT2D eigenvalue weighted by Crippen LogP contribution is 2.26. The van der Waals surface area contributed by atoms with Crippen molar-refractivity contribution in [2.75, 3.05) is 19.9 Å². The normalized spacial score (nSPS) is 19.8. The van der Waals surface area contributed by atoms with Crippen LogP contribution in [0.4, 0.5) is 9.18 Å². The highest BCUT2D eigenvalue weighted by molar-refractivity contribution is 7.88. The van der Waals surface area contributed by atoms with Crippen molar-refractivity contribution in [3.63, 3.8) is 0 Å². The fraction of sp³-hybridized carbons (Fsp3) is 0.381. The molecule has 2 unspecified atom stereocenters. The minimum atomic E-state index is -3.43. The molecular weight excluding hydrogens is 395 g/mol. The van der Waals surface area contributed by atoms with Crippen LogP contribution in [0.5, 0.6) is 0 Å². The number of methoxy groups -OCH3 is 1. The van der Waals surface area contributed by atoms with Gasteiger partial charge in [-0.3, -0.25) is 0 Å². The SMILES string of the molecule is COC(=O)N1CCCC(NS(C)(=O)=O)C1Cc1cccc(-c2cccc(F)c2)c1. The zero-order chi connectivity index (χ0) is 21.0. The van der Waals surface area contributed by atoms with Gasteiger partial charge < -0.3 is 9.64 Å². The average molecular weight is 421 g/mol. The number of carbonyl (C=O) groups is 1. The summed E-state index contributed by atoms with van der Waals surface area (Å²) in [5, 5.41) is 0. The third-order valence-electron chi connectivity index (χ3n) is 5.08. The average Bonchev–Trinajstić information content (AvgIpc) is 2.68. The Kier molecular flexibility index (Phi) is 6.54. The number of ether oxygens (including phenoxy) is 1. The summed E-state index contributed by atoms with van der Waals surface area (Å²) in [5.74, 6) is -0.311. The summed E-state index contributed by atoms with van der Waals surface area (Å²) in [5.41, 5.74) is 2.54. The molecule has 1 aliphatic rings. The number of amides is 1. The van der Waals surface area contributed by atoms with E-state index >= 15 is 0 Å². The lowest BCUT2D eigenvalue weighted by atomic mass is 9.90. The summed E-state index contributed by atoms with van der Waals surface area (Å²) >= 11 is 0. The number of nitrogens with one attached hydrogen (secondary N) is 1. The second kappa shape index (κ2) is 8.92. The van der Waals surface area contributed by atoms with Gasteiger partial charge in [0.25, 0.3) is 0 Å². The Morgan fingerprint density at radius 1 is 1.21 bits per heavy atom. The first-order chi connectivity index (χ1) is 13.8. The van der Waals surface area contributed by atoms with Crippen molar-refractivity contribution in [3.8, 4) is 11.1 Å². The molecule has 2 aromatic rings. The maximum atomic E-state index is 13.6. The Morgan fingerprint density at radius 3 is 2.55 bits per heavy atom. The zero-order valence-corrected chi connectivity index (χ0v) is 17.3. The van der Waals surface area contributed by atoms with Gasteiger partial charge in [0, 0.05) is 12.6 Å². The van der Waals surface area contributed by atoms with Crippen molar-refractivity contribution in [2.45, 2.75) is 31.3 Å². The number of hydrogen-bond acceptors (Lipinski definition) is 4. The lowest BCUT2D eigenvalue weighted by molar-refractivity contribution is 0.0792. The second-order valence-corrected chi connectivity index (χ2v) is 9.06. The van der Waals surface area contributed by atoms with Gasteiger partial charge >= 0.3 is 6.09 Å². The first kappa shape index (κ1) is 21.3. The molecule has 2 atom stereocenters. The standard InChI is InChI=1S/C21H25FN2O4S/c1-28-21(25)24-11-5-10-19(23-29(2,26)27)20(24)13-15-6-3-7-16(12-15)17-8-4-9-18(22)14-17/h3-4,6-9,12,14,19-20,23H,5,10-11,13H2,1-2H3. The van der Waals surface area contributed by atoms with Crippen LogP contribution in [0, 0.1) is 5.82 Å². The molecule has 1 N–H and O–H groups in total. The molecule has 1 aliphatic heterocycles. The molecule has 1 saturated heterocycles. The molecule has 3 rings (SSSR count). The van der Waals surface area contributed by atoms with Gasteiger partial charge in [-0.15, -0.1) is 0 Å². The smallest absolute Gasteiger partial charge is 0.409 e. The molecule has 2 aromatic carbocycles. The lowest BCUT2D eigenvalue weighted by Crippen LogP contribution is -2.57. The quantitative estimate of drug-likeness (QED) is 0.806. The zero-order valence-electron chi connectivity index (χ0n) is 16.5. The van der Waals surface area contributed by atoms with E-state index < -0.39 is 22.2 Å². The van der Waals surface area contributed by atoms with E-state index in [1.807, 2.05) is 30.3 Å². The van der Waals surface area contributed by atoms with Crippen LogP contribution in [-0.2, 0) is 21.2 Å². The molecule has 29 heavy (non-hydrogen) atoms. The Bertz CT molecular complexity index is 980. The van der Waals surface area contributed by atoms with Crippen molar-refractivity contribution in [3.05, 3.63) is 59.9 Å². The van der Waals surface area contributed by atoms with E-state index in [1.54, 1.807) is 11.0 Å². The minimum Gasteiger partial charge on any atom is -0.453 e. The van der Waals surface area contributed by atoms with Gasteiger partial charge in [-0.2, -0.15) is 0 Å². The molecule has 6 nitrogen and oxygen atoms in total. The predicted octanol–water partition coefficient (Wildman–Crippen LogP) is 3.18. The number of nitrogens with zero attached hydrogens (tertiary/aromatic N) is 1. The summed E-state index contributed by atoms with van der Waals surface area (Å²) in [7, 11) is -2.11. The summed E-state index contributed by atoms with van der Waals surface area (Å²) in [6.45, 7) is 0.503. The van der Waals surface area contributed by atoms with Gasteiger partial charge in [-0.25, -0.2) is 22.3 Å². The third-order valence-corrected chi connectivity index (χ3v) is 5.81. The molecule has 1 amide bonds. The molecule has 156 valence electrons. The lowest BCUT2D eigenvalue weighted by Gasteiger charge is -2.40. The maximum Gasteiger partial charge on any atom is 0.409 e.